The van der Waals surface area contributed by atoms with Crippen LogP contribution in [0.1, 0.15) is 51.9 Å². The van der Waals surface area contributed by atoms with Crippen LogP contribution in [0.15, 0.2) is 0 Å². The molecule has 1 heterocycles. The number of likely N-dealkylation sites (tertiary alicyclic amines) is 1. The molecule has 0 bridgehead atoms. The Morgan fingerprint density at radius 3 is 2.48 bits per heavy atom. The van der Waals surface area contributed by atoms with Crippen LogP contribution in [0.5, 0.6) is 0 Å². The molecule has 2 unspecified atom stereocenters. The second-order valence-corrected chi connectivity index (χ2v) is 7.60. The minimum absolute atomic E-state index is 0.334. The number of hydrogen-bond acceptors (Lipinski definition) is 3. The van der Waals surface area contributed by atoms with E-state index < -0.39 is 0 Å². The molecule has 21 heavy (non-hydrogen) atoms. The standard InChI is InChI=1S/C18H34N2O/c1-4-5-15-6-7-18(21)17(12-15)14-20-10-8-16(9-11-20)13-19(2)3/h15-17H,4-14H2,1-3H3. The van der Waals surface area contributed by atoms with Crippen molar-refractivity contribution in [2.24, 2.45) is 17.8 Å². The predicted octanol–water partition coefficient (Wildman–Crippen LogP) is 3.05. The normalized spacial score (nSPS) is 29.2. The molecule has 0 aromatic rings. The second kappa shape index (κ2) is 8.28. The summed E-state index contributed by atoms with van der Waals surface area (Å²) < 4.78 is 0. The number of ketones is 1. The van der Waals surface area contributed by atoms with Crippen molar-refractivity contribution in [3.8, 4) is 0 Å². The van der Waals surface area contributed by atoms with Gasteiger partial charge in [0.1, 0.15) is 5.78 Å². The van der Waals surface area contributed by atoms with Gasteiger partial charge in [0.05, 0.1) is 0 Å². The first kappa shape index (κ1) is 17.0. The van der Waals surface area contributed by atoms with Crippen molar-refractivity contribution >= 4 is 5.78 Å². The van der Waals surface area contributed by atoms with Gasteiger partial charge in [0.25, 0.3) is 0 Å². The van der Waals surface area contributed by atoms with Crippen LogP contribution in [0.4, 0.5) is 0 Å². The summed E-state index contributed by atoms with van der Waals surface area (Å²) in [5, 5.41) is 0. The van der Waals surface area contributed by atoms with E-state index in [9.17, 15) is 4.79 Å². The average Bonchev–Trinajstić information content (AvgIpc) is 2.44. The molecule has 0 aromatic heterocycles. The summed E-state index contributed by atoms with van der Waals surface area (Å²) in [5.41, 5.74) is 0. The molecular weight excluding hydrogens is 260 g/mol. The van der Waals surface area contributed by atoms with E-state index >= 15 is 0 Å². The summed E-state index contributed by atoms with van der Waals surface area (Å²) in [7, 11) is 4.34. The Labute approximate surface area is 131 Å². The zero-order valence-corrected chi connectivity index (χ0v) is 14.3. The van der Waals surface area contributed by atoms with Gasteiger partial charge in [-0.1, -0.05) is 19.8 Å². The summed E-state index contributed by atoms with van der Waals surface area (Å²) in [6.45, 7) is 6.91. The molecule has 122 valence electrons. The lowest BCUT2D eigenvalue weighted by Crippen LogP contribution is -2.42. The highest BCUT2D eigenvalue weighted by Gasteiger charge is 2.30. The van der Waals surface area contributed by atoms with Crippen LogP contribution in [-0.4, -0.2) is 55.9 Å². The highest BCUT2D eigenvalue weighted by Crippen LogP contribution is 2.31. The predicted molar refractivity (Wildman–Crippen MR) is 88.5 cm³/mol. The van der Waals surface area contributed by atoms with E-state index in [0.29, 0.717) is 11.7 Å². The van der Waals surface area contributed by atoms with Gasteiger partial charge in [-0.15, -0.1) is 0 Å². The number of nitrogens with zero attached hydrogens (tertiary/aromatic N) is 2. The van der Waals surface area contributed by atoms with Crippen molar-refractivity contribution in [2.45, 2.75) is 51.9 Å². The largest absolute Gasteiger partial charge is 0.309 e. The van der Waals surface area contributed by atoms with Gasteiger partial charge in [-0.3, -0.25) is 4.79 Å². The molecule has 2 rings (SSSR count). The first-order valence-electron chi connectivity index (χ1n) is 8.98. The fourth-order valence-electron chi connectivity index (χ4n) is 4.23. The number of rotatable bonds is 6. The van der Waals surface area contributed by atoms with Gasteiger partial charge in [0.2, 0.25) is 0 Å². The van der Waals surface area contributed by atoms with Crippen LogP contribution in [0.3, 0.4) is 0 Å². The van der Waals surface area contributed by atoms with Crippen molar-refractivity contribution in [3.05, 3.63) is 0 Å². The molecule has 2 atom stereocenters. The minimum atomic E-state index is 0.334. The first-order chi connectivity index (χ1) is 10.1. The SMILES string of the molecule is CCCC1CCC(=O)C(CN2CCC(CN(C)C)CC2)C1. The highest BCUT2D eigenvalue weighted by atomic mass is 16.1. The highest BCUT2D eigenvalue weighted by molar-refractivity contribution is 5.81. The third kappa shape index (κ3) is 5.37. The third-order valence-corrected chi connectivity index (χ3v) is 5.38. The number of carbonyl (C=O) groups excluding carboxylic acids is 1. The van der Waals surface area contributed by atoms with E-state index in [1.807, 2.05) is 0 Å². The smallest absolute Gasteiger partial charge is 0.137 e. The van der Waals surface area contributed by atoms with E-state index in [2.05, 4.69) is 30.8 Å². The Morgan fingerprint density at radius 2 is 1.86 bits per heavy atom. The molecule has 3 nitrogen and oxygen atoms in total. The van der Waals surface area contributed by atoms with Gasteiger partial charge < -0.3 is 9.80 Å². The zero-order chi connectivity index (χ0) is 15.2. The zero-order valence-electron chi connectivity index (χ0n) is 14.3. The molecule has 1 saturated heterocycles. The van der Waals surface area contributed by atoms with Crippen molar-refractivity contribution in [3.63, 3.8) is 0 Å². The summed E-state index contributed by atoms with van der Waals surface area (Å²) in [6, 6.07) is 0. The van der Waals surface area contributed by atoms with Gasteiger partial charge in [0, 0.05) is 25.4 Å². The Balaban J connectivity index is 1.75. The molecule has 0 N–H and O–H groups in total. The molecule has 3 heteroatoms. The fourth-order valence-corrected chi connectivity index (χ4v) is 4.23. The van der Waals surface area contributed by atoms with Crippen LogP contribution in [0.2, 0.25) is 0 Å². The Kier molecular flexibility index (Phi) is 6.69. The van der Waals surface area contributed by atoms with Crippen LogP contribution < -0.4 is 0 Å². The lowest BCUT2D eigenvalue weighted by Gasteiger charge is -2.37. The maximum atomic E-state index is 12.2. The number of Topliss-reactive ketones (excluding diaryl/α,β-unsaturated/α-hetero) is 1. The van der Waals surface area contributed by atoms with E-state index in [1.165, 1.54) is 45.3 Å². The summed E-state index contributed by atoms with van der Waals surface area (Å²) in [6.07, 6.45) is 8.33. The van der Waals surface area contributed by atoms with Crippen LogP contribution in [0, 0.1) is 17.8 Å². The summed E-state index contributed by atoms with van der Waals surface area (Å²) in [5.74, 6) is 2.54. The van der Waals surface area contributed by atoms with Crippen molar-refractivity contribution in [1.29, 1.82) is 0 Å². The summed E-state index contributed by atoms with van der Waals surface area (Å²) >= 11 is 0. The molecule has 0 spiro atoms. The Bertz CT molecular complexity index is 321. The van der Waals surface area contributed by atoms with Gasteiger partial charge in [-0.05, 0) is 64.7 Å². The van der Waals surface area contributed by atoms with Gasteiger partial charge in [0.15, 0.2) is 0 Å². The third-order valence-electron chi connectivity index (χ3n) is 5.38. The minimum Gasteiger partial charge on any atom is -0.309 e. The number of hydrogen-bond donors (Lipinski definition) is 0. The van der Waals surface area contributed by atoms with E-state index in [-0.39, 0.29) is 0 Å². The lowest BCUT2D eigenvalue weighted by atomic mass is 9.78. The van der Waals surface area contributed by atoms with Crippen LogP contribution >= 0.6 is 0 Å². The molecule has 1 aliphatic heterocycles. The quantitative estimate of drug-likeness (QED) is 0.752. The van der Waals surface area contributed by atoms with Crippen molar-refractivity contribution < 1.29 is 4.79 Å². The average molecular weight is 294 g/mol. The molecule has 0 amide bonds. The van der Waals surface area contributed by atoms with E-state index in [4.69, 9.17) is 0 Å². The Morgan fingerprint density at radius 1 is 1.14 bits per heavy atom. The molecule has 0 aromatic carbocycles. The van der Waals surface area contributed by atoms with E-state index in [1.54, 1.807) is 0 Å². The van der Waals surface area contributed by atoms with Gasteiger partial charge in [-0.25, -0.2) is 0 Å². The fraction of sp³-hybridized carbons (Fsp3) is 0.944. The monoisotopic (exact) mass is 294 g/mol. The topological polar surface area (TPSA) is 23.6 Å². The second-order valence-electron chi connectivity index (χ2n) is 7.60. The molecular formula is C18H34N2O. The lowest BCUT2D eigenvalue weighted by molar-refractivity contribution is -0.126. The van der Waals surface area contributed by atoms with Crippen LogP contribution in [-0.2, 0) is 4.79 Å². The maximum absolute atomic E-state index is 12.2. The first-order valence-corrected chi connectivity index (χ1v) is 8.98. The van der Waals surface area contributed by atoms with Crippen LogP contribution in [0.25, 0.3) is 0 Å². The van der Waals surface area contributed by atoms with Crippen molar-refractivity contribution in [2.75, 3.05) is 40.3 Å². The molecule has 1 saturated carbocycles. The van der Waals surface area contributed by atoms with E-state index in [0.717, 1.165) is 37.6 Å². The number of carbonyl (C=O) groups is 1. The maximum Gasteiger partial charge on any atom is 0.137 e. The molecule has 1 aliphatic carbocycles. The Hall–Kier alpha value is -0.410. The molecule has 2 fully saturated rings. The summed E-state index contributed by atoms with van der Waals surface area (Å²) in [4.78, 5) is 17.1. The molecule has 0 radical (unpaired) electrons. The number of piperidine rings is 1. The molecule has 2 aliphatic rings. The van der Waals surface area contributed by atoms with Gasteiger partial charge in [-0.2, -0.15) is 0 Å². The van der Waals surface area contributed by atoms with Crippen molar-refractivity contribution in [1.82, 2.24) is 9.80 Å². The van der Waals surface area contributed by atoms with Gasteiger partial charge >= 0.3 is 0 Å².